The molecule has 12 heteroatoms. The Hall–Kier alpha value is -2.86. The SMILES string of the molecule is CC(=O)OC[C@H]1CCCN1c1cccc(S(=O)(=O)N2CCN(c3ccc(F)cc3C(F)(F)F)C[C@H]2C)c1. The minimum atomic E-state index is -4.74. The first-order valence-electron chi connectivity index (χ1n) is 12.0. The van der Waals surface area contributed by atoms with E-state index in [1.165, 1.54) is 22.2 Å². The molecule has 2 aliphatic rings. The van der Waals surface area contributed by atoms with Crippen LogP contribution in [0.5, 0.6) is 0 Å². The molecule has 2 heterocycles. The van der Waals surface area contributed by atoms with Crippen LogP contribution in [0.3, 0.4) is 0 Å². The highest BCUT2D eigenvalue weighted by atomic mass is 32.2. The molecule has 2 aromatic carbocycles. The third-order valence-electron chi connectivity index (χ3n) is 6.78. The van der Waals surface area contributed by atoms with Gasteiger partial charge in [-0.25, -0.2) is 12.8 Å². The molecule has 0 saturated carbocycles. The first kappa shape index (κ1) is 27.2. The van der Waals surface area contributed by atoms with Crippen molar-refractivity contribution in [2.45, 2.75) is 49.8 Å². The number of ether oxygens (including phenoxy) is 1. The zero-order valence-corrected chi connectivity index (χ0v) is 21.4. The number of carbonyl (C=O) groups is 1. The molecular formula is C25H29F4N3O4S. The molecule has 2 aliphatic heterocycles. The lowest BCUT2D eigenvalue weighted by Gasteiger charge is -2.41. The molecule has 7 nitrogen and oxygen atoms in total. The number of carbonyl (C=O) groups excluding carboxylic acids is 1. The average molecular weight is 544 g/mol. The van der Waals surface area contributed by atoms with Crippen LogP contribution in [0.4, 0.5) is 28.9 Å². The Morgan fingerprint density at radius 3 is 2.54 bits per heavy atom. The fourth-order valence-electron chi connectivity index (χ4n) is 5.05. The van der Waals surface area contributed by atoms with Crippen molar-refractivity contribution in [1.82, 2.24) is 4.31 Å². The minimum absolute atomic E-state index is 0.0181. The molecule has 4 rings (SSSR count). The molecule has 0 bridgehead atoms. The third-order valence-corrected chi connectivity index (χ3v) is 8.79. The van der Waals surface area contributed by atoms with Crippen molar-refractivity contribution in [3.63, 3.8) is 0 Å². The Kier molecular flexibility index (Phi) is 7.70. The normalized spacial score (nSPS) is 21.4. The summed E-state index contributed by atoms with van der Waals surface area (Å²) in [4.78, 5) is 14.8. The van der Waals surface area contributed by atoms with Gasteiger partial charge in [0.25, 0.3) is 0 Å². The summed E-state index contributed by atoms with van der Waals surface area (Å²) in [6.45, 7) is 3.91. The summed E-state index contributed by atoms with van der Waals surface area (Å²) in [5.74, 6) is -1.36. The van der Waals surface area contributed by atoms with Crippen LogP contribution in [0.25, 0.3) is 0 Å². The van der Waals surface area contributed by atoms with E-state index in [2.05, 4.69) is 0 Å². The van der Waals surface area contributed by atoms with Crippen molar-refractivity contribution in [1.29, 1.82) is 0 Å². The summed E-state index contributed by atoms with van der Waals surface area (Å²) in [5.41, 5.74) is -0.562. The molecule has 37 heavy (non-hydrogen) atoms. The predicted molar refractivity (Wildman–Crippen MR) is 130 cm³/mol. The molecule has 0 unspecified atom stereocenters. The first-order valence-corrected chi connectivity index (χ1v) is 13.5. The molecule has 2 aromatic rings. The molecule has 202 valence electrons. The van der Waals surface area contributed by atoms with E-state index in [1.54, 1.807) is 25.1 Å². The Morgan fingerprint density at radius 1 is 1.11 bits per heavy atom. The first-order chi connectivity index (χ1) is 17.4. The summed E-state index contributed by atoms with van der Waals surface area (Å²) < 4.78 is 87.7. The Balaban J connectivity index is 1.53. The van der Waals surface area contributed by atoms with Gasteiger partial charge in [-0.05, 0) is 56.2 Å². The van der Waals surface area contributed by atoms with Crippen LogP contribution in [-0.2, 0) is 25.7 Å². The number of alkyl halides is 3. The Bertz CT molecular complexity index is 1250. The number of hydrogen-bond acceptors (Lipinski definition) is 6. The molecule has 0 radical (unpaired) electrons. The standard InChI is InChI=1S/C25H29F4N3O4S/c1-17-15-30(24-9-8-19(26)13-23(24)25(27,28)29)11-12-32(17)37(34,35)22-7-3-5-20(14-22)31-10-4-6-21(31)16-36-18(2)33/h3,5,7-9,13-14,17,21H,4,6,10-12,15-16H2,1-2H3/t17-,21-/m1/s1. The monoisotopic (exact) mass is 543 g/mol. The third kappa shape index (κ3) is 5.85. The van der Waals surface area contributed by atoms with E-state index >= 15 is 0 Å². The highest BCUT2D eigenvalue weighted by molar-refractivity contribution is 7.89. The number of benzene rings is 2. The quantitative estimate of drug-likeness (QED) is 0.400. The second-order valence-electron chi connectivity index (χ2n) is 9.36. The largest absolute Gasteiger partial charge is 0.464 e. The fourth-order valence-corrected chi connectivity index (χ4v) is 6.70. The summed E-state index contributed by atoms with van der Waals surface area (Å²) in [7, 11) is -3.94. The zero-order chi connectivity index (χ0) is 27.0. The minimum Gasteiger partial charge on any atom is -0.464 e. The van der Waals surface area contributed by atoms with Gasteiger partial charge in [0.1, 0.15) is 12.4 Å². The fraction of sp³-hybridized carbons (Fsp3) is 0.480. The number of sulfonamides is 1. The molecule has 0 aromatic heterocycles. The topological polar surface area (TPSA) is 70.2 Å². The number of rotatable bonds is 6. The zero-order valence-electron chi connectivity index (χ0n) is 20.5. The molecule has 2 saturated heterocycles. The number of nitrogens with zero attached hydrogens (tertiary/aromatic N) is 3. The molecular weight excluding hydrogens is 514 g/mol. The molecule has 0 aliphatic carbocycles. The lowest BCUT2D eigenvalue weighted by atomic mass is 10.1. The van der Waals surface area contributed by atoms with Gasteiger partial charge in [0.05, 0.1) is 16.5 Å². The molecule has 0 spiro atoms. The lowest BCUT2D eigenvalue weighted by Crippen LogP contribution is -2.54. The number of piperazine rings is 1. The van der Waals surface area contributed by atoms with Crippen LogP contribution in [-0.4, -0.2) is 63.6 Å². The second-order valence-corrected chi connectivity index (χ2v) is 11.2. The van der Waals surface area contributed by atoms with Crippen LogP contribution < -0.4 is 9.80 Å². The summed E-state index contributed by atoms with van der Waals surface area (Å²) in [5, 5.41) is 0. The maximum absolute atomic E-state index is 13.6. The van der Waals surface area contributed by atoms with Crippen molar-refractivity contribution < 1.29 is 35.5 Å². The highest BCUT2D eigenvalue weighted by Gasteiger charge is 2.39. The van der Waals surface area contributed by atoms with E-state index in [4.69, 9.17) is 4.74 Å². The Morgan fingerprint density at radius 2 is 1.86 bits per heavy atom. The van der Waals surface area contributed by atoms with Crippen LogP contribution in [0, 0.1) is 5.82 Å². The van der Waals surface area contributed by atoms with E-state index < -0.39 is 33.6 Å². The molecule has 0 N–H and O–H groups in total. The molecule has 2 fully saturated rings. The number of esters is 1. The van der Waals surface area contributed by atoms with Gasteiger partial charge in [-0.3, -0.25) is 4.79 Å². The Labute approximate surface area is 213 Å². The van der Waals surface area contributed by atoms with Crippen molar-refractivity contribution in [3.8, 4) is 0 Å². The molecule has 2 atom stereocenters. The predicted octanol–water partition coefficient (Wildman–Crippen LogP) is 4.28. The summed E-state index contributed by atoms with van der Waals surface area (Å²) >= 11 is 0. The van der Waals surface area contributed by atoms with Crippen LogP contribution >= 0.6 is 0 Å². The summed E-state index contributed by atoms with van der Waals surface area (Å²) in [6.07, 6.45) is -3.05. The van der Waals surface area contributed by atoms with Gasteiger partial charge in [-0.1, -0.05) is 6.07 Å². The van der Waals surface area contributed by atoms with Crippen molar-refractivity contribution >= 4 is 27.4 Å². The van der Waals surface area contributed by atoms with Gasteiger partial charge >= 0.3 is 12.1 Å². The van der Waals surface area contributed by atoms with Crippen molar-refractivity contribution in [2.24, 2.45) is 0 Å². The van der Waals surface area contributed by atoms with E-state index in [0.29, 0.717) is 18.3 Å². The van der Waals surface area contributed by atoms with Crippen molar-refractivity contribution in [3.05, 3.63) is 53.8 Å². The van der Waals surface area contributed by atoms with Crippen LogP contribution in [0.15, 0.2) is 47.4 Å². The van der Waals surface area contributed by atoms with Crippen LogP contribution in [0.2, 0.25) is 0 Å². The van der Waals surface area contributed by atoms with E-state index in [1.807, 2.05) is 4.90 Å². The molecule has 0 amide bonds. The number of hydrogen-bond donors (Lipinski definition) is 0. The second kappa shape index (κ2) is 10.5. The van der Waals surface area contributed by atoms with Gasteiger partial charge in [0, 0.05) is 50.5 Å². The van der Waals surface area contributed by atoms with E-state index in [0.717, 1.165) is 25.0 Å². The van der Waals surface area contributed by atoms with Gasteiger partial charge in [0.2, 0.25) is 10.0 Å². The van der Waals surface area contributed by atoms with Gasteiger partial charge in [0.15, 0.2) is 0 Å². The van der Waals surface area contributed by atoms with E-state index in [-0.39, 0.29) is 48.8 Å². The number of anilines is 2. The summed E-state index contributed by atoms with van der Waals surface area (Å²) in [6, 6.07) is 8.37. The maximum atomic E-state index is 13.6. The maximum Gasteiger partial charge on any atom is 0.418 e. The highest BCUT2D eigenvalue weighted by Crippen LogP contribution is 2.38. The average Bonchev–Trinajstić information content (AvgIpc) is 3.31. The van der Waals surface area contributed by atoms with Gasteiger partial charge in [-0.15, -0.1) is 0 Å². The van der Waals surface area contributed by atoms with Gasteiger partial charge in [-0.2, -0.15) is 17.5 Å². The van der Waals surface area contributed by atoms with E-state index in [9.17, 15) is 30.8 Å². The smallest absolute Gasteiger partial charge is 0.418 e. The lowest BCUT2D eigenvalue weighted by molar-refractivity contribution is -0.141. The van der Waals surface area contributed by atoms with Crippen molar-refractivity contribution in [2.75, 3.05) is 42.6 Å². The van der Waals surface area contributed by atoms with Gasteiger partial charge < -0.3 is 14.5 Å². The number of halogens is 4. The van der Waals surface area contributed by atoms with Crippen LogP contribution in [0.1, 0.15) is 32.3 Å².